The predicted octanol–water partition coefficient (Wildman–Crippen LogP) is 4.28. The molecule has 1 amide bonds. The number of aryl methyl sites for hydroxylation is 2. The minimum absolute atomic E-state index is 0.0926. The molecule has 0 aliphatic heterocycles. The molecule has 0 spiro atoms. The lowest BCUT2D eigenvalue weighted by molar-refractivity contribution is 0.0951. The molecule has 0 saturated carbocycles. The van der Waals surface area contributed by atoms with Crippen molar-refractivity contribution in [1.29, 1.82) is 0 Å². The van der Waals surface area contributed by atoms with Crippen LogP contribution in [0.2, 0.25) is 0 Å². The molecule has 0 bridgehead atoms. The molecule has 8 heteroatoms. The standard InChI is InChI=1S/C26H26N4O3S/c1-19-4-11-24(16-20(19)2)29-34(32,33)25-12-9-23(10-13-25)26(31)27-17-21-5-7-22(8-6-21)18-30-15-3-14-28-30/h3-16,29H,17-18H2,1-2H3,(H,27,31). The fraction of sp³-hybridized carbons (Fsp3) is 0.154. The van der Waals surface area contributed by atoms with Gasteiger partial charge in [0.2, 0.25) is 0 Å². The summed E-state index contributed by atoms with van der Waals surface area (Å²) in [6, 6.07) is 21.1. The Morgan fingerprint density at radius 3 is 2.26 bits per heavy atom. The van der Waals surface area contributed by atoms with Crippen LogP contribution in [0, 0.1) is 13.8 Å². The average Bonchev–Trinajstić information content (AvgIpc) is 3.34. The number of amides is 1. The van der Waals surface area contributed by atoms with Crippen LogP contribution >= 0.6 is 0 Å². The van der Waals surface area contributed by atoms with Gasteiger partial charge in [0, 0.05) is 30.2 Å². The summed E-state index contributed by atoms with van der Waals surface area (Å²) in [5.74, 6) is -0.272. The molecule has 3 aromatic carbocycles. The van der Waals surface area contributed by atoms with E-state index in [0.717, 1.165) is 22.3 Å². The van der Waals surface area contributed by atoms with Crippen molar-refractivity contribution >= 4 is 21.6 Å². The fourth-order valence-corrected chi connectivity index (χ4v) is 4.48. The van der Waals surface area contributed by atoms with Crippen LogP contribution in [0.25, 0.3) is 0 Å². The summed E-state index contributed by atoms with van der Waals surface area (Å²) in [5, 5.41) is 7.06. The molecule has 7 nitrogen and oxygen atoms in total. The van der Waals surface area contributed by atoms with E-state index in [1.54, 1.807) is 18.3 Å². The van der Waals surface area contributed by atoms with E-state index in [4.69, 9.17) is 0 Å². The van der Waals surface area contributed by atoms with Crippen molar-refractivity contribution in [1.82, 2.24) is 15.1 Å². The zero-order valence-electron chi connectivity index (χ0n) is 19.0. The second-order valence-electron chi connectivity index (χ2n) is 8.13. The molecule has 0 aliphatic carbocycles. The smallest absolute Gasteiger partial charge is 0.261 e. The zero-order chi connectivity index (χ0) is 24.1. The number of anilines is 1. The Morgan fingerprint density at radius 1 is 0.912 bits per heavy atom. The Morgan fingerprint density at radius 2 is 1.62 bits per heavy atom. The van der Waals surface area contributed by atoms with E-state index < -0.39 is 10.0 Å². The molecule has 0 atom stereocenters. The summed E-state index contributed by atoms with van der Waals surface area (Å²) in [4.78, 5) is 12.6. The normalized spacial score (nSPS) is 11.2. The van der Waals surface area contributed by atoms with Gasteiger partial charge in [-0.1, -0.05) is 30.3 Å². The van der Waals surface area contributed by atoms with Gasteiger partial charge in [0.25, 0.3) is 15.9 Å². The van der Waals surface area contributed by atoms with Crippen molar-refractivity contribution in [2.75, 3.05) is 4.72 Å². The molecule has 2 N–H and O–H groups in total. The van der Waals surface area contributed by atoms with E-state index >= 15 is 0 Å². The van der Waals surface area contributed by atoms with Crippen molar-refractivity contribution in [2.24, 2.45) is 0 Å². The number of benzene rings is 3. The molecule has 34 heavy (non-hydrogen) atoms. The molecular formula is C26H26N4O3S. The number of nitrogens with zero attached hydrogens (tertiary/aromatic N) is 2. The first-order chi connectivity index (χ1) is 16.3. The quantitative estimate of drug-likeness (QED) is 0.399. The maximum Gasteiger partial charge on any atom is 0.261 e. The molecule has 0 saturated heterocycles. The first-order valence-corrected chi connectivity index (χ1v) is 12.3. The number of rotatable bonds is 8. The fourth-order valence-electron chi connectivity index (χ4n) is 3.43. The van der Waals surface area contributed by atoms with E-state index in [1.807, 2.05) is 61.1 Å². The van der Waals surface area contributed by atoms with E-state index in [9.17, 15) is 13.2 Å². The van der Waals surface area contributed by atoms with Gasteiger partial charge in [0.05, 0.1) is 11.4 Å². The van der Waals surface area contributed by atoms with Gasteiger partial charge in [-0.2, -0.15) is 5.10 Å². The summed E-state index contributed by atoms with van der Waals surface area (Å²) < 4.78 is 29.8. The lowest BCUT2D eigenvalue weighted by atomic mass is 10.1. The molecule has 0 aliphatic rings. The highest BCUT2D eigenvalue weighted by molar-refractivity contribution is 7.92. The first-order valence-electron chi connectivity index (χ1n) is 10.8. The van der Waals surface area contributed by atoms with Gasteiger partial charge in [-0.15, -0.1) is 0 Å². The van der Waals surface area contributed by atoms with E-state index in [-0.39, 0.29) is 10.8 Å². The Kier molecular flexibility index (Phi) is 6.79. The molecule has 0 unspecified atom stereocenters. The van der Waals surface area contributed by atoms with Crippen molar-refractivity contribution in [3.05, 3.63) is 113 Å². The summed E-state index contributed by atoms with van der Waals surface area (Å²) in [6.07, 6.45) is 3.65. The van der Waals surface area contributed by atoms with Crippen LogP contribution in [0.4, 0.5) is 5.69 Å². The van der Waals surface area contributed by atoms with Crippen LogP contribution < -0.4 is 10.0 Å². The highest BCUT2D eigenvalue weighted by atomic mass is 32.2. The number of sulfonamides is 1. The number of nitrogens with one attached hydrogen (secondary N) is 2. The van der Waals surface area contributed by atoms with Crippen LogP contribution in [-0.2, 0) is 23.1 Å². The maximum atomic E-state index is 12.7. The van der Waals surface area contributed by atoms with E-state index in [0.29, 0.717) is 24.3 Å². The zero-order valence-corrected chi connectivity index (χ0v) is 19.8. The van der Waals surface area contributed by atoms with Gasteiger partial charge >= 0.3 is 0 Å². The van der Waals surface area contributed by atoms with Gasteiger partial charge in [-0.3, -0.25) is 14.2 Å². The van der Waals surface area contributed by atoms with Crippen molar-refractivity contribution in [2.45, 2.75) is 31.8 Å². The third kappa shape index (κ3) is 5.71. The molecular weight excluding hydrogens is 448 g/mol. The summed E-state index contributed by atoms with van der Waals surface area (Å²) >= 11 is 0. The van der Waals surface area contributed by atoms with Crippen LogP contribution in [0.5, 0.6) is 0 Å². The van der Waals surface area contributed by atoms with E-state index in [1.165, 1.54) is 24.3 Å². The Balaban J connectivity index is 1.34. The monoisotopic (exact) mass is 474 g/mol. The van der Waals surface area contributed by atoms with Crippen molar-refractivity contribution in [3.63, 3.8) is 0 Å². The minimum Gasteiger partial charge on any atom is -0.348 e. The topological polar surface area (TPSA) is 93.1 Å². The molecule has 4 rings (SSSR count). The van der Waals surface area contributed by atoms with Crippen LogP contribution in [0.1, 0.15) is 32.6 Å². The van der Waals surface area contributed by atoms with Crippen LogP contribution in [0.3, 0.4) is 0 Å². The van der Waals surface area contributed by atoms with Gasteiger partial charge in [-0.25, -0.2) is 8.42 Å². The molecule has 4 aromatic rings. The highest BCUT2D eigenvalue weighted by Crippen LogP contribution is 2.19. The number of hydrogen-bond acceptors (Lipinski definition) is 4. The van der Waals surface area contributed by atoms with Gasteiger partial charge in [-0.05, 0) is 78.6 Å². The maximum absolute atomic E-state index is 12.7. The third-order valence-electron chi connectivity index (χ3n) is 5.57. The lowest BCUT2D eigenvalue weighted by Crippen LogP contribution is -2.23. The highest BCUT2D eigenvalue weighted by Gasteiger charge is 2.15. The van der Waals surface area contributed by atoms with Gasteiger partial charge in [0.15, 0.2) is 0 Å². The molecule has 1 aromatic heterocycles. The van der Waals surface area contributed by atoms with Crippen LogP contribution in [0.15, 0.2) is 90.1 Å². The van der Waals surface area contributed by atoms with E-state index in [2.05, 4.69) is 15.1 Å². The first kappa shape index (κ1) is 23.3. The number of aromatic nitrogens is 2. The average molecular weight is 475 g/mol. The number of hydrogen-bond donors (Lipinski definition) is 2. The van der Waals surface area contributed by atoms with Gasteiger partial charge < -0.3 is 5.32 Å². The second-order valence-corrected chi connectivity index (χ2v) is 9.81. The molecule has 1 heterocycles. The van der Waals surface area contributed by atoms with Crippen molar-refractivity contribution in [3.8, 4) is 0 Å². The van der Waals surface area contributed by atoms with Crippen LogP contribution in [-0.4, -0.2) is 24.1 Å². The summed E-state index contributed by atoms with van der Waals surface area (Å²) in [6.45, 7) is 4.95. The lowest BCUT2D eigenvalue weighted by Gasteiger charge is -2.11. The Bertz CT molecular complexity index is 1380. The van der Waals surface area contributed by atoms with Gasteiger partial charge in [0.1, 0.15) is 0 Å². The second kappa shape index (κ2) is 9.93. The molecule has 0 fully saturated rings. The SMILES string of the molecule is Cc1ccc(NS(=O)(=O)c2ccc(C(=O)NCc3ccc(Cn4cccn4)cc3)cc2)cc1C. The number of carbonyl (C=O) groups excluding carboxylic acids is 1. The molecule has 174 valence electrons. The summed E-state index contributed by atoms with van der Waals surface area (Å²) in [5.41, 5.74) is 5.06. The third-order valence-corrected chi connectivity index (χ3v) is 6.96. The number of carbonyl (C=O) groups is 1. The predicted molar refractivity (Wildman–Crippen MR) is 132 cm³/mol. The Hall–Kier alpha value is -3.91. The minimum atomic E-state index is -3.75. The summed E-state index contributed by atoms with van der Waals surface area (Å²) in [7, 11) is -3.75. The molecule has 0 radical (unpaired) electrons. The Labute approximate surface area is 199 Å². The van der Waals surface area contributed by atoms with Crippen molar-refractivity contribution < 1.29 is 13.2 Å². The largest absolute Gasteiger partial charge is 0.348 e.